The summed E-state index contributed by atoms with van der Waals surface area (Å²) < 4.78 is 11.9. The molecule has 5 heteroatoms. The first-order chi connectivity index (χ1) is 14.9. The summed E-state index contributed by atoms with van der Waals surface area (Å²) in [6, 6.07) is 18.2. The standard InChI is InChI=1S/C26H27NO4/c1-16-6-7-20(12-25(28)29)24(8-16)30-14-22-15-31-26-17(2)9-21(11-23(22)26)19-5-3-4-18(10-19)13-27/h3-11,15,25,28-29H,12-14,27H2,1-2H3. The summed E-state index contributed by atoms with van der Waals surface area (Å²) in [5.74, 6) is 0.644. The molecule has 0 amide bonds. The van der Waals surface area contributed by atoms with Gasteiger partial charge in [-0.1, -0.05) is 30.3 Å². The molecule has 0 aliphatic heterocycles. The van der Waals surface area contributed by atoms with Gasteiger partial charge in [0.25, 0.3) is 0 Å². The summed E-state index contributed by atoms with van der Waals surface area (Å²) in [5.41, 5.74) is 13.7. The number of furan rings is 1. The molecular formula is C26H27NO4. The highest BCUT2D eigenvalue weighted by atomic mass is 16.5. The maximum absolute atomic E-state index is 9.38. The second-order valence-corrected chi connectivity index (χ2v) is 7.92. The minimum absolute atomic E-state index is 0.114. The predicted molar refractivity (Wildman–Crippen MR) is 122 cm³/mol. The first kappa shape index (κ1) is 21.1. The normalized spacial score (nSPS) is 11.4. The summed E-state index contributed by atoms with van der Waals surface area (Å²) >= 11 is 0. The molecule has 0 radical (unpaired) electrons. The van der Waals surface area contributed by atoms with Crippen molar-refractivity contribution >= 4 is 11.0 Å². The van der Waals surface area contributed by atoms with Crippen molar-refractivity contribution in [2.75, 3.05) is 0 Å². The number of rotatable bonds is 7. The molecular weight excluding hydrogens is 390 g/mol. The highest BCUT2D eigenvalue weighted by Gasteiger charge is 2.14. The van der Waals surface area contributed by atoms with Crippen LogP contribution in [0.25, 0.3) is 22.1 Å². The second-order valence-electron chi connectivity index (χ2n) is 7.92. The number of aliphatic hydroxyl groups excluding tert-OH is 1. The molecule has 0 aliphatic rings. The van der Waals surface area contributed by atoms with E-state index in [9.17, 15) is 10.2 Å². The van der Waals surface area contributed by atoms with Crippen molar-refractivity contribution in [3.8, 4) is 16.9 Å². The van der Waals surface area contributed by atoms with E-state index in [2.05, 4.69) is 24.3 Å². The number of hydrogen-bond donors (Lipinski definition) is 3. The quantitative estimate of drug-likeness (QED) is 0.382. The van der Waals surface area contributed by atoms with Gasteiger partial charge in [-0.3, -0.25) is 0 Å². The van der Waals surface area contributed by atoms with E-state index < -0.39 is 6.29 Å². The lowest BCUT2D eigenvalue weighted by atomic mass is 9.98. The average Bonchev–Trinajstić information content (AvgIpc) is 3.17. The van der Waals surface area contributed by atoms with Gasteiger partial charge in [0.15, 0.2) is 6.29 Å². The van der Waals surface area contributed by atoms with Crippen LogP contribution in [0.1, 0.15) is 27.8 Å². The van der Waals surface area contributed by atoms with Crippen LogP contribution in [0.15, 0.2) is 65.3 Å². The molecule has 0 saturated carbocycles. The summed E-state index contributed by atoms with van der Waals surface area (Å²) in [6.45, 7) is 4.83. The van der Waals surface area contributed by atoms with Crippen molar-refractivity contribution in [2.45, 2.75) is 39.7 Å². The number of hydrogen-bond acceptors (Lipinski definition) is 5. The number of benzene rings is 3. The van der Waals surface area contributed by atoms with Gasteiger partial charge < -0.3 is 25.1 Å². The zero-order valence-corrected chi connectivity index (χ0v) is 17.8. The Morgan fingerprint density at radius 3 is 2.58 bits per heavy atom. The lowest BCUT2D eigenvalue weighted by molar-refractivity contribution is -0.0385. The average molecular weight is 418 g/mol. The van der Waals surface area contributed by atoms with E-state index in [0.29, 0.717) is 18.9 Å². The molecule has 31 heavy (non-hydrogen) atoms. The molecule has 1 aromatic heterocycles. The Morgan fingerprint density at radius 2 is 1.81 bits per heavy atom. The Kier molecular flexibility index (Phi) is 6.09. The highest BCUT2D eigenvalue weighted by molar-refractivity contribution is 5.89. The molecule has 0 atom stereocenters. The Hall–Kier alpha value is -3.12. The van der Waals surface area contributed by atoms with E-state index in [1.165, 1.54) is 0 Å². The maximum Gasteiger partial charge on any atom is 0.155 e. The Balaban J connectivity index is 1.66. The second kappa shape index (κ2) is 8.94. The van der Waals surface area contributed by atoms with Crippen LogP contribution < -0.4 is 10.5 Å². The summed E-state index contributed by atoms with van der Waals surface area (Å²) in [7, 11) is 0. The van der Waals surface area contributed by atoms with Crippen LogP contribution in [0, 0.1) is 13.8 Å². The minimum Gasteiger partial charge on any atom is -0.488 e. The van der Waals surface area contributed by atoms with E-state index in [4.69, 9.17) is 14.9 Å². The summed E-state index contributed by atoms with van der Waals surface area (Å²) in [4.78, 5) is 0. The van der Waals surface area contributed by atoms with Crippen molar-refractivity contribution < 1.29 is 19.4 Å². The third-order valence-electron chi connectivity index (χ3n) is 5.44. The molecule has 5 nitrogen and oxygen atoms in total. The molecule has 160 valence electrons. The third-order valence-corrected chi connectivity index (χ3v) is 5.44. The van der Waals surface area contributed by atoms with E-state index in [1.807, 2.05) is 44.2 Å². The molecule has 4 aromatic rings. The fourth-order valence-electron chi connectivity index (χ4n) is 3.84. The Bertz CT molecular complexity index is 1210. The zero-order valence-electron chi connectivity index (χ0n) is 17.8. The molecule has 1 heterocycles. The number of aliphatic hydroxyl groups is 2. The predicted octanol–water partition coefficient (Wildman–Crippen LogP) is 4.61. The molecule has 4 N–H and O–H groups in total. The van der Waals surface area contributed by atoms with Crippen molar-refractivity contribution in [1.29, 1.82) is 0 Å². The number of aryl methyl sites for hydroxylation is 2. The van der Waals surface area contributed by atoms with Gasteiger partial charge in [-0.25, -0.2) is 0 Å². The monoisotopic (exact) mass is 417 g/mol. The van der Waals surface area contributed by atoms with Gasteiger partial charge in [-0.05, 0) is 71.5 Å². The van der Waals surface area contributed by atoms with Crippen molar-refractivity contribution in [2.24, 2.45) is 5.73 Å². The molecule has 0 fully saturated rings. The molecule has 0 saturated heterocycles. The smallest absolute Gasteiger partial charge is 0.155 e. The lowest BCUT2D eigenvalue weighted by Crippen LogP contribution is -2.10. The molecule has 0 unspecified atom stereocenters. The first-order valence-electron chi connectivity index (χ1n) is 10.3. The van der Waals surface area contributed by atoms with Crippen LogP contribution in [0.5, 0.6) is 5.75 Å². The lowest BCUT2D eigenvalue weighted by Gasteiger charge is -2.13. The molecule has 3 aromatic carbocycles. The third kappa shape index (κ3) is 4.64. The summed E-state index contributed by atoms with van der Waals surface area (Å²) in [5, 5.41) is 19.8. The fraction of sp³-hybridized carbons (Fsp3) is 0.231. The van der Waals surface area contributed by atoms with Crippen LogP contribution in [-0.2, 0) is 19.6 Å². The van der Waals surface area contributed by atoms with Crippen LogP contribution in [0.4, 0.5) is 0 Å². The minimum atomic E-state index is -1.42. The number of nitrogens with two attached hydrogens (primary N) is 1. The van der Waals surface area contributed by atoms with E-state index in [1.54, 1.807) is 6.26 Å². The van der Waals surface area contributed by atoms with Crippen molar-refractivity contribution in [3.63, 3.8) is 0 Å². The van der Waals surface area contributed by atoms with Gasteiger partial charge in [-0.2, -0.15) is 0 Å². The largest absolute Gasteiger partial charge is 0.488 e. The van der Waals surface area contributed by atoms with Gasteiger partial charge in [0.1, 0.15) is 17.9 Å². The van der Waals surface area contributed by atoms with Crippen LogP contribution in [0.2, 0.25) is 0 Å². The first-order valence-corrected chi connectivity index (χ1v) is 10.3. The van der Waals surface area contributed by atoms with Gasteiger partial charge in [0.05, 0.1) is 6.26 Å². The van der Waals surface area contributed by atoms with E-state index in [0.717, 1.165) is 49.9 Å². The molecule has 0 bridgehead atoms. The highest BCUT2D eigenvalue weighted by Crippen LogP contribution is 2.32. The SMILES string of the molecule is Cc1ccc(CC(O)O)c(OCc2coc3c(C)cc(-c4cccc(CN)c4)cc23)c1. The molecule has 0 spiro atoms. The Morgan fingerprint density at radius 1 is 0.968 bits per heavy atom. The Labute approximate surface area is 181 Å². The van der Waals surface area contributed by atoms with E-state index >= 15 is 0 Å². The van der Waals surface area contributed by atoms with Gasteiger partial charge >= 0.3 is 0 Å². The number of ether oxygens (including phenoxy) is 1. The van der Waals surface area contributed by atoms with Gasteiger partial charge in [0.2, 0.25) is 0 Å². The van der Waals surface area contributed by atoms with E-state index in [-0.39, 0.29) is 6.42 Å². The summed E-state index contributed by atoms with van der Waals surface area (Å²) in [6.07, 6.45) is 0.422. The molecule has 4 rings (SSSR count). The number of fused-ring (bicyclic) bond motifs is 1. The van der Waals surface area contributed by atoms with Crippen LogP contribution >= 0.6 is 0 Å². The maximum atomic E-state index is 9.38. The molecule has 0 aliphatic carbocycles. The fourth-order valence-corrected chi connectivity index (χ4v) is 3.84. The zero-order chi connectivity index (χ0) is 22.0. The van der Waals surface area contributed by atoms with Crippen molar-refractivity contribution in [3.05, 3.63) is 88.7 Å². The van der Waals surface area contributed by atoms with Gasteiger partial charge in [-0.15, -0.1) is 0 Å². The van der Waals surface area contributed by atoms with Crippen molar-refractivity contribution in [1.82, 2.24) is 0 Å². The van der Waals surface area contributed by atoms with Gasteiger partial charge in [0, 0.05) is 23.9 Å². The van der Waals surface area contributed by atoms with Crippen LogP contribution in [-0.4, -0.2) is 16.5 Å². The topological polar surface area (TPSA) is 88.8 Å². The van der Waals surface area contributed by atoms with Crippen LogP contribution in [0.3, 0.4) is 0 Å².